The second kappa shape index (κ2) is 8.05. The van der Waals surface area contributed by atoms with Gasteiger partial charge in [-0.15, -0.1) is 0 Å². The van der Waals surface area contributed by atoms with Gasteiger partial charge in [-0.2, -0.15) is 15.0 Å². The molecule has 2 unspecified atom stereocenters. The largest absolute Gasteiger partial charge is 0.497 e. The number of ether oxygens (including phenoxy) is 2. The maximum Gasteiger partial charge on any atom is 0.228 e. The van der Waals surface area contributed by atoms with Gasteiger partial charge in [-0.1, -0.05) is 48.5 Å². The Morgan fingerprint density at radius 2 is 1.62 bits per heavy atom. The molecule has 0 saturated carbocycles. The van der Waals surface area contributed by atoms with Crippen LogP contribution in [0.5, 0.6) is 11.6 Å². The van der Waals surface area contributed by atoms with Gasteiger partial charge in [-0.3, -0.25) is 5.41 Å². The van der Waals surface area contributed by atoms with Crippen LogP contribution in [0.3, 0.4) is 0 Å². The van der Waals surface area contributed by atoms with E-state index in [-0.39, 0.29) is 11.8 Å². The lowest BCUT2D eigenvalue weighted by molar-refractivity contribution is 0.415. The molecule has 1 aromatic heterocycles. The first-order chi connectivity index (χ1) is 15.7. The van der Waals surface area contributed by atoms with Gasteiger partial charge in [0.05, 0.1) is 24.4 Å². The van der Waals surface area contributed by atoms with E-state index in [1.165, 1.54) is 0 Å². The Labute approximate surface area is 185 Å². The molecule has 0 bridgehead atoms. The first kappa shape index (κ1) is 19.6. The highest BCUT2D eigenvalue weighted by Crippen LogP contribution is 2.47. The molecule has 0 fully saturated rings. The predicted molar refractivity (Wildman–Crippen MR) is 121 cm³/mol. The Balaban J connectivity index is 1.80. The zero-order valence-electron chi connectivity index (χ0n) is 17.4. The molecule has 0 spiro atoms. The number of nitrogens with one attached hydrogen (secondary N) is 1. The fourth-order valence-electron chi connectivity index (χ4n) is 4.14. The van der Waals surface area contributed by atoms with Crippen molar-refractivity contribution in [1.82, 2.24) is 9.78 Å². The van der Waals surface area contributed by atoms with Crippen LogP contribution in [0.2, 0.25) is 0 Å². The van der Waals surface area contributed by atoms with Crippen LogP contribution in [0.25, 0.3) is 16.9 Å². The molecule has 6 nitrogen and oxygen atoms in total. The third kappa shape index (κ3) is 3.21. The van der Waals surface area contributed by atoms with Crippen molar-refractivity contribution in [3.05, 3.63) is 96.1 Å². The van der Waals surface area contributed by atoms with Crippen molar-refractivity contribution in [2.24, 2.45) is 5.92 Å². The standard InChI is InChI=1S/C26H20N4O2/c1-31-20-14-12-18(13-15-20)24-23-22(17-8-4-2-5-9-17)21(16-27)25(28)32-26(23)30(29-24)19-10-6-3-7-11-19/h2-15,21-22,28H,1H3. The molecule has 6 heteroatoms. The summed E-state index contributed by atoms with van der Waals surface area (Å²) in [5, 5.41) is 23.3. The third-order valence-electron chi connectivity index (χ3n) is 5.67. The number of hydrogen-bond acceptors (Lipinski definition) is 5. The number of methoxy groups -OCH3 is 1. The minimum Gasteiger partial charge on any atom is -0.497 e. The summed E-state index contributed by atoms with van der Waals surface area (Å²) in [6.45, 7) is 0. The Kier molecular flexibility index (Phi) is 4.92. The first-order valence-electron chi connectivity index (χ1n) is 10.2. The molecule has 2 heterocycles. The molecule has 5 rings (SSSR count). The average Bonchev–Trinajstić information content (AvgIpc) is 3.23. The summed E-state index contributed by atoms with van der Waals surface area (Å²) in [5.41, 5.74) is 4.15. The second-order valence-corrected chi connectivity index (χ2v) is 7.50. The SMILES string of the molecule is COc1ccc(-c2nn(-c3ccccc3)c3c2C(c2ccccc2)C(C#N)C(=N)O3)cc1. The lowest BCUT2D eigenvalue weighted by atomic mass is 9.79. The number of hydrogen-bond donors (Lipinski definition) is 1. The molecule has 0 saturated heterocycles. The highest BCUT2D eigenvalue weighted by Gasteiger charge is 2.42. The topological polar surface area (TPSA) is 83.9 Å². The normalized spacial score (nSPS) is 17.2. The molecule has 1 N–H and O–H groups in total. The van der Waals surface area contributed by atoms with Crippen molar-refractivity contribution >= 4 is 5.90 Å². The number of para-hydroxylation sites is 1. The maximum atomic E-state index is 9.96. The number of nitriles is 1. The molecule has 3 aromatic carbocycles. The van der Waals surface area contributed by atoms with E-state index in [0.717, 1.165) is 28.1 Å². The van der Waals surface area contributed by atoms with Gasteiger partial charge in [0.2, 0.25) is 11.8 Å². The number of fused-ring (bicyclic) bond motifs is 1. The highest BCUT2D eigenvalue weighted by molar-refractivity contribution is 5.87. The van der Waals surface area contributed by atoms with Gasteiger partial charge in [-0.25, -0.2) is 0 Å². The van der Waals surface area contributed by atoms with Crippen molar-refractivity contribution in [2.75, 3.05) is 7.11 Å². The fourth-order valence-corrected chi connectivity index (χ4v) is 4.14. The van der Waals surface area contributed by atoms with Crippen LogP contribution in [0.1, 0.15) is 17.0 Å². The van der Waals surface area contributed by atoms with Gasteiger partial charge in [0, 0.05) is 11.5 Å². The third-order valence-corrected chi connectivity index (χ3v) is 5.67. The summed E-state index contributed by atoms with van der Waals surface area (Å²) >= 11 is 0. The zero-order valence-corrected chi connectivity index (χ0v) is 17.4. The lowest BCUT2D eigenvalue weighted by Crippen LogP contribution is -2.31. The molecular formula is C26H20N4O2. The van der Waals surface area contributed by atoms with Crippen LogP contribution in [0, 0.1) is 22.7 Å². The summed E-state index contributed by atoms with van der Waals surface area (Å²) in [5.74, 6) is -0.000398. The zero-order chi connectivity index (χ0) is 22.1. The molecule has 0 amide bonds. The Morgan fingerprint density at radius 1 is 0.969 bits per heavy atom. The van der Waals surface area contributed by atoms with Gasteiger partial charge in [-0.05, 0) is 42.0 Å². The van der Waals surface area contributed by atoms with E-state index in [1.54, 1.807) is 11.8 Å². The van der Waals surface area contributed by atoms with Crippen molar-refractivity contribution in [3.63, 3.8) is 0 Å². The molecule has 156 valence electrons. The summed E-state index contributed by atoms with van der Waals surface area (Å²) in [6, 6.07) is 29.4. The molecule has 4 aromatic rings. The van der Waals surface area contributed by atoms with Crippen LogP contribution in [0.4, 0.5) is 0 Å². The highest BCUT2D eigenvalue weighted by atomic mass is 16.5. The molecule has 0 aliphatic carbocycles. The van der Waals surface area contributed by atoms with E-state index >= 15 is 0 Å². The average molecular weight is 420 g/mol. The van der Waals surface area contributed by atoms with E-state index in [0.29, 0.717) is 11.6 Å². The molecule has 32 heavy (non-hydrogen) atoms. The van der Waals surface area contributed by atoms with E-state index < -0.39 is 5.92 Å². The van der Waals surface area contributed by atoms with Gasteiger partial charge in [0.1, 0.15) is 17.4 Å². The van der Waals surface area contributed by atoms with E-state index in [1.807, 2.05) is 84.9 Å². The maximum absolute atomic E-state index is 9.96. The van der Waals surface area contributed by atoms with E-state index in [4.69, 9.17) is 20.0 Å². The quantitative estimate of drug-likeness (QED) is 0.492. The lowest BCUT2D eigenvalue weighted by Gasteiger charge is -2.29. The number of rotatable bonds is 4. The minimum atomic E-state index is -0.754. The van der Waals surface area contributed by atoms with Gasteiger partial charge < -0.3 is 9.47 Å². The first-order valence-corrected chi connectivity index (χ1v) is 10.2. The van der Waals surface area contributed by atoms with E-state index in [9.17, 15) is 5.26 Å². The molecule has 1 aliphatic rings. The smallest absolute Gasteiger partial charge is 0.228 e. The Bertz CT molecular complexity index is 1310. The van der Waals surface area contributed by atoms with Gasteiger partial charge in [0.15, 0.2) is 0 Å². The molecular weight excluding hydrogens is 400 g/mol. The summed E-state index contributed by atoms with van der Waals surface area (Å²) in [7, 11) is 1.63. The van der Waals surface area contributed by atoms with Crippen LogP contribution in [-0.4, -0.2) is 22.8 Å². The van der Waals surface area contributed by atoms with Crippen LogP contribution in [0.15, 0.2) is 84.9 Å². The Hall–Kier alpha value is -4.37. The summed E-state index contributed by atoms with van der Waals surface area (Å²) in [6.07, 6.45) is 0. The predicted octanol–water partition coefficient (Wildman–Crippen LogP) is 5.19. The monoisotopic (exact) mass is 420 g/mol. The summed E-state index contributed by atoms with van der Waals surface area (Å²) < 4.78 is 13.0. The summed E-state index contributed by atoms with van der Waals surface area (Å²) in [4.78, 5) is 0. The Morgan fingerprint density at radius 3 is 2.25 bits per heavy atom. The molecule has 0 radical (unpaired) electrons. The van der Waals surface area contributed by atoms with Crippen molar-refractivity contribution < 1.29 is 9.47 Å². The number of nitrogens with zero attached hydrogens (tertiary/aromatic N) is 3. The second-order valence-electron chi connectivity index (χ2n) is 7.50. The van der Waals surface area contributed by atoms with Crippen LogP contribution >= 0.6 is 0 Å². The van der Waals surface area contributed by atoms with Crippen molar-refractivity contribution in [1.29, 1.82) is 10.7 Å². The van der Waals surface area contributed by atoms with Gasteiger partial charge >= 0.3 is 0 Å². The van der Waals surface area contributed by atoms with E-state index in [2.05, 4.69) is 6.07 Å². The van der Waals surface area contributed by atoms with Crippen LogP contribution in [-0.2, 0) is 0 Å². The van der Waals surface area contributed by atoms with Crippen molar-refractivity contribution in [3.8, 4) is 34.6 Å². The minimum absolute atomic E-state index is 0.0767. The fraction of sp³-hybridized carbons (Fsp3) is 0.115. The number of aromatic nitrogens is 2. The van der Waals surface area contributed by atoms with Gasteiger partial charge in [0.25, 0.3) is 0 Å². The van der Waals surface area contributed by atoms with Crippen molar-refractivity contribution in [2.45, 2.75) is 5.92 Å². The van der Waals surface area contributed by atoms with Crippen LogP contribution < -0.4 is 9.47 Å². The molecule has 1 aliphatic heterocycles. The number of benzene rings is 3. The molecule has 2 atom stereocenters.